The Morgan fingerprint density at radius 2 is 1.50 bits per heavy atom. The lowest BCUT2D eigenvalue weighted by atomic mass is 10.2. The first-order valence-electron chi connectivity index (χ1n) is 5.25. The molecule has 2 aromatic carbocycles. The normalized spacial score (nSPS) is 9.67. The first-order chi connectivity index (χ1) is 8.40. The van der Waals surface area contributed by atoms with E-state index in [9.17, 15) is 0 Å². The molecule has 0 saturated heterocycles. The number of aryl methyl sites for hydroxylation is 2. The second-order valence-electron chi connectivity index (χ2n) is 3.83. The lowest BCUT2D eigenvalue weighted by Crippen LogP contribution is -3.34. The topological polar surface area (TPSA) is 0 Å². The number of hydrogen-bond acceptors (Lipinski definition) is 0. The van der Waals surface area contributed by atoms with E-state index in [2.05, 4.69) is 6.07 Å². The summed E-state index contributed by atoms with van der Waals surface area (Å²) in [6.07, 6.45) is 0. The Morgan fingerprint density at radius 1 is 0.833 bits per heavy atom. The van der Waals surface area contributed by atoms with E-state index in [0.717, 1.165) is 19.2 Å². The van der Waals surface area contributed by atoms with Crippen molar-refractivity contribution in [3.8, 4) is 0 Å². The third-order valence-electron chi connectivity index (χ3n) is 2.22. The van der Waals surface area contributed by atoms with Crippen molar-refractivity contribution in [2.24, 2.45) is 0 Å². The summed E-state index contributed by atoms with van der Waals surface area (Å²) in [6.45, 7) is 4.03. The molecule has 0 nitrogen and oxygen atoms in total. The molecule has 0 aromatic heterocycles. The fraction of sp³-hybridized carbons (Fsp3) is 0.143. The molecule has 4 heteroatoms. The van der Waals surface area contributed by atoms with Crippen LogP contribution in [-0.2, 0) is 0 Å². The molecule has 0 aliphatic rings. The second kappa shape index (κ2) is 7.59. The van der Waals surface area contributed by atoms with Crippen molar-refractivity contribution in [1.82, 2.24) is 0 Å². The van der Waals surface area contributed by atoms with Gasteiger partial charge < -0.3 is 0 Å². The fourth-order valence-electron chi connectivity index (χ4n) is 1.17. The van der Waals surface area contributed by atoms with E-state index >= 15 is 0 Å². The Hall–Kier alpha value is 0.0400. The zero-order chi connectivity index (χ0) is 13.7. The molecule has 0 atom stereocenters. The average molecular weight is 415 g/mol. The van der Waals surface area contributed by atoms with Crippen LogP contribution in [0.15, 0.2) is 36.4 Å². The van der Waals surface area contributed by atoms with Gasteiger partial charge in [0.05, 0.1) is 5.02 Å². The highest BCUT2D eigenvalue weighted by molar-refractivity contribution is 6.34. The van der Waals surface area contributed by atoms with Crippen molar-refractivity contribution in [2.75, 3.05) is 0 Å². The molecule has 0 fully saturated rings. The first-order valence-corrected chi connectivity index (χ1v) is 7.55. The fourth-order valence-corrected chi connectivity index (χ4v) is 2.18. The summed E-state index contributed by atoms with van der Waals surface area (Å²) in [6, 6.07) is 11.5. The smallest absolute Gasteiger partial charge is 0.0843 e. The quantitative estimate of drug-likeness (QED) is 0.459. The molecule has 0 N–H and O–H groups in total. The Bertz CT molecular complexity index is 489. The zero-order valence-electron chi connectivity index (χ0n) is 10.0. The average Bonchev–Trinajstić information content (AvgIpc) is 2.30. The maximum absolute atomic E-state index is 5.81. The molecule has 18 heavy (non-hydrogen) atoms. The monoisotopic (exact) mass is 413 g/mol. The standard InChI is InChI=1S/C8H9Cl.C6H4Cl2I/c1-6-3-4-7(2)8(9)5-6;7-4-1-2-6(9)5(8)3-4/h3-5H,1-2H3;1-3,9H/q;+1. The highest BCUT2D eigenvalue weighted by Gasteiger charge is 2.02. The van der Waals surface area contributed by atoms with Crippen molar-refractivity contribution < 1.29 is 22.6 Å². The van der Waals surface area contributed by atoms with Gasteiger partial charge in [0.15, 0.2) is 0 Å². The summed E-state index contributed by atoms with van der Waals surface area (Å²) < 4.78 is 1.07. The largest absolute Gasteiger partial charge is 0.298 e. The molecular formula is C14H13Cl3I+. The van der Waals surface area contributed by atoms with Gasteiger partial charge in [-0.1, -0.05) is 46.9 Å². The molecule has 96 valence electrons. The number of halogens is 4. The molecule has 0 bridgehead atoms. The zero-order valence-corrected chi connectivity index (χ0v) is 14.6. The predicted octanol–water partition coefficient (Wildman–Crippen LogP) is 2.41. The van der Waals surface area contributed by atoms with E-state index in [1.54, 1.807) is 6.07 Å². The Balaban J connectivity index is 0.000000180. The van der Waals surface area contributed by atoms with Gasteiger partial charge in [0.1, 0.15) is 0 Å². The maximum atomic E-state index is 5.81. The minimum atomic E-state index is 0.687. The van der Waals surface area contributed by atoms with E-state index in [0.29, 0.717) is 5.02 Å². The van der Waals surface area contributed by atoms with Crippen LogP contribution in [0.25, 0.3) is 0 Å². The van der Waals surface area contributed by atoms with Gasteiger partial charge in [-0.2, -0.15) is 0 Å². The Labute approximate surface area is 136 Å². The predicted molar refractivity (Wildman–Crippen MR) is 77.5 cm³/mol. The van der Waals surface area contributed by atoms with Crippen LogP contribution in [0.4, 0.5) is 0 Å². The summed E-state index contributed by atoms with van der Waals surface area (Å²) in [7, 11) is 0. The van der Waals surface area contributed by atoms with Gasteiger partial charge in [0.25, 0.3) is 22.6 Å². The first kappa shape index (κ1) is 16.1. The van der Waals surface area contributed by atoms with Gasteiger partial charge >= 0.3 is 0 Å². The van der Waals surface area contributed by atoms with Gasteiger partial charge in [0.2, 0.25) is 3.57 Å². The molecular weight excluding hydrogens is 401 g/mol. The summed E-state index contributed by atoms with van der Waals surface area (Å²) in [5.74, 6) is 0. The molecule has 2 aromatic rings. The van der Waals surface area contributed by atoms with Crippen LogP contribution in [-0.4, -0.2) is 0 Å². The summed E-state index contributed by atoms with van der Waals surface area (Å²) >= 11 is 19.1. The van der Waals surface area contributed by atoms with Crippen LogP contribution in [0, 0.1) is 17.4 Å². The van der Waals surface area contributed by atoms with Crippen molar-refractivity contribution in [3.63, 3.8) is 0 Å². The summed E-state index contributed by atoms with van der Waals surface area (Å²) in [5, 5.41) is 2.27. The van der Waals surface area contributed by atoms with Crippen LogP contribution in [0.3, 0.4) is 0 Å². The van der Waals surface area contributed by atoms with Gasteiger partial charge in [-0.25, -0.2) is 0 Å². The van der Waals surface area contributed by atoms with E-state index in [-0.39, 0.29) is 0 Å². The number of hydrogen-bond donors (Lipinski definition) is 0. The Kier molecular flexibility index (Phi) is 6.78. The molecule has 0 aliphatic carbocycles. The number of rotatable bonds is 0. The highest BCUT2D eigenvalue weighted by Crippen LogP contribution is 2.15. The molecule has 2 rings (SSSR count). The van der Waals surface area contributed by atoms with E-state index in [4.69, 9.17) is 34.8 Å². The maximum Gasteiger partial charge on any atom is 0.298 e. The minimum absolute atomic E-state index is 0.687. The summed E-state index contributed by atoms with van der Waals surface area (Å²) in [4.78, 5) is 0. The van der Waals surface area contributed by atoms with Gasteiger partial charge in [-0.05, 0) is 49.2 Å². The molecule has 0 heterocycles. The lowest BCUT2D eigenvalue weighted by molar-refractivity contribution is -0.328. The minimum Gasteiger partial charge on any atom is -0.0843 e. The highest BCUT2D eigenvalue weighted by atomic mass is 127. The van der Waals surface area contributed by atoms with Crippen molar-refractivity contribution >= 4 is 34.8 Å². The second-order valence-corrected chi connectivity index (χ2v) is 6.33. The van der Waals surface area contributed by atoms with E-state index < -0.39 is 0 Å². The van der Waals surface area contributed by atoms with Crippen molar-refractivity contribution in [1.29, 1.82) is 0 Å². The molecule has 0 aliphatic heterocycles. The molecule has 0 spiro atoms. The third-order valence-corrected chi connectivity index (χ3v) is 4.54. The molecule has 0 saturated carbocycles. The van der Waals surface area contributed by atoms with Gasteiger partial charge in [-0.3, -0.25) is 0 Å². The molecule has 0 unspecified atom stereocenters. The van der Waals surface area contributed by atoms with Crippen LogP contribution < -0.4 is 22.6 Å². The van der Waals surface area contributed by atoms with Crippen LogP contribution in [0.2, 0.25) is 15.1 Å². The van der Waals surface area contributed by atoms with E-state index in [1.807, 2.05) is 60.7 Å². The number of benzene rings is 2. The molecule has 0 amide bonds. The Morgan fingerprint density at radius 3 is 1.94 bits per heavy atom. The van der Waals surface area contributed by atoms with Crippen molar-refractivity contribution in [3.05, 3.63) is 66.2 Å². The van der Waals surface area contributed by atoms with E-state index in [1.165, 1.54) is 5.56 Å². The van der Waals surface area contributed by atoms with Crippen LogP contribution >= 0.6 is 34.8 Å². The van der Waals surface area contributed by atoms with Crippen LogP contribution in [0.1, 0.15) is 11.1 Å². The molecule has 0 radical (unpaired) electrons. The van der Waals surface area contributed by atoms with Crippen LogP contribution in [0.5, 0.6) is 0 Å². The van der Waals surface area contributed by atoms with Gasteiger partial charge in [-0.15, -0.1) is 0 Å². The lowest BCUT2D eigenvalue weighted by Gasteiger charge is -1.96. The summed E-state index contributed by atoms with van der Waals surface area (Å²) in [5.41, 5.74) is 2.35. The van der Waals surface area contributed by atoms with Crippen molar-refractivity contribution in [2.45, 2.75) is 13.8 Å². The third kappa shape index (κ3) is 5.35. The van der Waals surface area contributed by atoms with Gasteiger partial charge in [0, 0.05) is 10.0 Å². The SMILES string of the molecule is Cc1ccc(C)c(Cl)c1.Clc1ccc([IH+])c(Cl)c1.